The van der Waals surface area contributed by atoms with E-state index in [2.05, 4.69) is 6.92 Å². The van der Waals surface area contributed by atoms with Gasteiger partial charge in [0.15, 0.2) is 11.5 Å². The molecular formula is C23H39FO8. The fourth-order valence-electron chi connectivity index (χ4n) is 2.39. The molecule has 0 saturated carbocycles. The van der Waals surface area contributed by atoms with Crippen molar-refractivity contribution in [2.45, 2.75) is 13.3 Å². The van der Waals surface area contributed by atoms with Crippen LogP contribution in [0.5, 0.6) is 11.5 Å². The molecule has 0 spiro atoms. The Balaban J connectivity index is 1.99. The first-order chi connectivity index (χ1) is 15.9. The summed E-state index contributed by atoms with van der Waals surface area (Å²) < 4.78 is 55.3. The molecule has 0 aromatic heterocycles. The largest absolute Gasteiger partial charge is 0.487 e. The average Bonchev–Trinajstić information content (AvgIpc) is 2.81. The number of hydrogen-bond donors (Lipinski definition) is 0. The standard InChI is InChI=1S/C23H39FO8/c1-2-8-25-10-12-27-14-16-29-18-20-31-22-5-3-4-6-23(22)32-21-19-30-17-15-28-13-11-26-9-7-24/h3-6H,2,7-21H2,1H3. The van der Waals surface area contributed by atoms with Crippen LogP contribution >= 0.6 is 0 Å². The summed E-state index contributed by atoms with van der Waals surface area (Å²) in [5.74, 6) is 1.32. The van der Waals surface area contributed by atoms with Gasteiger partial charge in [-0.2, -0.15) is 0 Å². The van der Waals surface area contributed by atoms with Crippen LogP contribution in [0.1, 0.15) is 13.3 Å². The minimum absolute atomic E-state index is 0.111. The average molecular weight is 463 g/mol. The van der Waals surface area contributed by atoms with Crippen LogP contribution in [-0.2, 0) is 28.4 Å². The Labute approximate surface area is 191 Å². The van der Waals surface area contributed by atoms with Crippen LogP contribution in [0.2, 0.25) is 0 Å². The lowest BCUT2D eigenvalue weighted by Gasteiger charge is -2.13. The highest BCUT2D eigenvalue weighted by molar-refractivity contribution is 5.39. The van der Waals surface area contributed by atoms with Gasteiger partial charge in [0.05, 0.1) is 72.7 Å². The second-order valence-electron chi connectivity index (χ2n) is 6.51. The molecule has 1 aromatic rings. The van der Waals surface area contributed by atoms with Crippen molar-refractivity contribution in [1.82, 2.24) is 0 Å². The SMILES string of the molecule is CCCOCCOCCOCCOc1ccccc1OCCOCCOCCOCCF. The highest BCUT2D eigenvalue weighted by Crippen LogP contribution is 2.26. The zero-order valence-corrected chi connectivity index (χ0v) is 19.3. The van der Waals surface area contributed by atoms with Crippen molar-refractivity contribution in [2.24, 2.45) is 0 Å². The molecule has 0 aliphatic carbocycles. The zero-order chi connectivity index (χ0) is 23.0. The van der Waals surface area contributed by atoms with Gasteiger partial charge in [0.2, 0.25) is 0 Å². The Morgan fingerprint density at radius 2 is 0.844 bits per heavy atom. The first-order valence-corrected chi connectivity index (χ1v) is 11.3. The molecular weight excluding hydrogens is 423 g/mol. The number of rotatable bonds is 24. The van der Waals surface area contributed by atoms with Crippen molar-refractivity contribution in [2.75, 3.05) is 99.2 Å². The maximum Gasteiger partial charge on any atom is 0.161 e. The van der Waals surface area contributed by atoms with Crippen LogP contribution in [-0.4, -0.2) is 99.2 Å². The molecule has 32 heavy (non-hydrogen) atoms. The van der Waals surface area contributed by atoms with E-state index in [1.807, 2.05) is 24.3 Å². The maximum atomic E-state index is 11.8. The first-order valence-electron chi connectivity index (χ1n) is 11.3. The molecule has 0 bridgehead atoms. The van der Waals surface area contributed by atoms with Crippen LogP contribution in [0.15, 0.2) is 24.3 Å². The molecule has 186 valence electrons. The van der Waals surface area contributed by atoms with Crippen molar-refractivity contribution < 1.29 is 42.3 Å². The summed E-state index contributed by atoms with van der Waals surface area (Å²) >= 11 is 0. The van der Waals surface area contributed by atoms with Crippen molar-refractivity contribution in [3.8, 4) is 11.5 Å². The molecule has 0 fully saturated rings. The summed E-state index contributed by atoms with van der Waals surface area (Å²) in [5, 5.41) is 0. The van der Waals surface area contributed by atoms with Crippen molar-refractivity contribution in [3.05, 3.63) is 24.3 Å². The quantitative estimate of drug-likeness (QED) is 0.217. The third-order valence-electron chi connectivity index (χ3n) is 3.88. The molecule has 0 amide bonds. The topological polar surface area (TPSA) is 73.8 Å². The van der Waals surface area contributed by atoms with Gasteiger partial charge in [0.1, 0.15) is 19.9 Å². The van der Waals surface area contributed by atoms with E-state index >= 15 is 0 Å². The van der Waals surface area contributed by atoms with Crippen LogP contribution in [0.3, 0.4) is 0 Å². The van der Waals surface area contributed by atoms with Crippen LogP contribution < -0.4 is 9.47 Å². The van der Waals surface area contributed by atoms with Crippen LogP contribution in [0, 0.1) is 0 Å². The van der Waals surface area contributed by atoms with Gasteiger partial charge in [0.25, 0.3) is 0 Å². The fraction of sp³-hybridized carbons (Fsp3) is 0.739. The summed E-state index contributed by atoms with van der Waals surface area (Å²) in [6, 6.07) is 7.49. The molecule has 0 N–H and O–H groups in total. The lowest BCUT2D eigenvalue weighted by atomic mass is 10.3. The number of hydrogen-bond acceptors (Lipinski definition) is 8. The predicted molar refractivity (Wildman–Crippen MR) is 119 cm³/mol. The lowest BCUT2D eigenvalue weighted by molar-refractivity contribution is 0.00669. The van der Waals surface area contributed by atoms with Gasteiger partial charge in [0, 0.05) is 6.61 Å². The molecule has 9 heteroatoms. The van der Waals surface area contributed by atoms with Crippen LogP contribution in [0.25, 0.3) is 0 Å². The van der Waals surface area contributed by atoms with Gasteiger partial charge in [-0.25, -0.2) is 4.39 Å². The molecule has 0 atom stereocenters. The highest BCUT2D eigenvalue weighted by atomic mass is 19.1. The number of benzene rings is 1. The number of ether oxygens (including phenoxy) is 8. The molecule has 8 nitrogen and oxygen atoms in total. The number of para-hydroxylation sites is 2. The van der Waals surface area contributed by atoms with E-state index in [9.17, 15) is 4.39 Å². The molecule has 0 saturated heterocycles. The molecule has 1 aromatic carbocycles. The third kappa shape index (κ3) is 17.1. The Bertz CT molecular complexity index is 476. The van der Waals surface area contributed by atoms with E-state index in [4.69, 9.17) is 37.9 Å². The summed E-state index contributed by atoms with van der Waals surface area (Å²) in [5.41, 5.74) is 0. The fourth-order valence-corrected chi connectivity index (χ4v) is 2.39. The Kier molecular flexibility index (Phi) is 20.2. The second kappa shape index (κ2) is 22.7. The molecule has 0 aliphatic heterocycles. The van der Waals surface area contributed by atoms with Gasteiger partial charge in [-0.3, -0.25) is 0 Å². The number of alkyl halides is 1. The van der Waals surface area contributed by atoms with Gasteiger partial charge >= 0.3 is 0 Å². The Morgan fingerprint density at radius 3 is 1.22 bits per heavy atom. The number of halogens is 1. The van der Waals surface area contributed by atoms with E-state index in [1.165, 1.54) is 0 Å². The third-order valence-corrected chi connectivity index (χ3v) is 3.88. The van der Waals surface area contributed by atoms with Gasteiger partial charge in [-0.1, -0.05) is 19.1 Å². The van der Waals surface area contributed by atoms with E-state index < -0.39 is 6.67 Å². The van der Waals surface area contributed by atoms with E-state index in [1.54, 1.807) is 0 Å². The molecule has 0 aliphatic rings. The van der Waals surface area contributed by atoms with Crippen molar-refractivity contribution >= 4 is 0 Å². The molecule has 1 rings (SSSR count). The lowest BCUT2D eigenvalue weighted by Crippen LogP contribution is -2.14. The summed E-state index contributed by atoms with van der Waals surface area (Å²) in [6.07, 6.45) is 1.02. The highest BCUT2D eigenvalue weighted by Gasteiger charge is 2.04. The van der Waals surface area contributed by atoms with E-state index in [0.717, 1.165) is 13.0 Å². The maximum absolute atomic E-state index is 11.8. The zero-order valence-electron chi connectivity index (χ0n) is 19.3. The smallest absolute Gasteiger partial charge is 0.161 e. The molecule has 0 unspecified atom stereocenters. The summed E-state index contributed by atoms with van der Waals surface area (Å²) in [4.78, 5) is 0. The van der Waals surface area contributed by atoms with Gasteiger partial charge < -0.3 is 37.9 Å². The normalized spacial score (nSPS) is 11.1. The van der Waals surface area contributed by atoms with Crippen molar-refractivity contribution in [1.29, 1.82) is 0 Å². The summed E-state index contributed by atoms with van der Waals surface area (Å²) in [7, 11) is 0. The predicted octanol–water partition coefficient (Wildman–Crippen LogP) is 2.92. The van der Waals surface area contributed by atoms with Crippen molar-refractivity contribution in [3.63, 3.8) is 0 Å². The van der Waals surface area contributed by atoms with Gasteiger partial charge in [-0.05, 0) is 18.6 Å². The Morgan fingerprint density at radius 1 is 0.500 bits per heavy atom. The minimum atomic E-state index is -0.476. The van der Waals surface area contributed by atoms with E-state index in [-0.39, 0.29) is 6.61 Å². The first kappa shape index (κ1) is 28.5. The Hall–Kier alpha value is -1.49. The molecule has 0 radical (unpaired) electrons. The molecule has 0 heterocycles. The second-order valence-corrected chi connectivity index (χ2v) is 6.51. The van der Waals surface area contributed by atoms with Crippen LogP contribution in [0.4, 0.5) is 4.39 Å². The monoisotopic (exact) mass is 462 g/mol. The minimum Gasteiger partial charge on any atom is -0.487 e. The summed E-state index contributed by atoms with van der Waals surface area (Å²) in [6.45, 7) is 8.17. The van der Waals surface area contributed by atoms with E-state index in [0.29, 0.717) is 90.8 Å². The van der Waals surface area contributed by atoms with Gasteiger partial charge in [-0.15, -0.1) is 0 Å².